The number of hydrogen-bond acceptors (Lipinski definition) is 5. The quantitative estimate of drug-likeness (QED) is 0.275. The zero-order valence-corrected chi connectivity index (χ0v) is 20.0. The van der Waals surface area contributed by atoms with Crippen molar-refractivity contribution < 1.29 is 9.21 Å². The molecule has 0 radical (unpaired) electrons. The van der Waals surface area contributed by atoms with Gasteiger partial charge >= 0.3 is 0 Å². The maximum Gasteiger partial charge on any atom is 0.273 e. The molecule has 0 N–H and O–H groups in total. The molecule has 36 heavy (non-hydrogen) atoms. The summed E-state index contributed by atoms with van der Waals surface area (Å²) >= 11 is 6.29. The van der Waals surface area contributed by atoms with Crippen LogP contribution in [0.3, 0.4) is 0 Å². The first kappa shape index (κ1) is 22.2. The van der Waals surface area contributed by atoms with Crippen molar-refractivity contribution in [3.8, 4) is 28.4 Å². The second-order valence-corrected chi connectivity index (χ2v) is 9.08. The minimum Gasteiger partial charge on any atom is -0.419 e. The monoisotopic (exact) mass is 495 g/mol. The largest absolute Gasteiger partial charge is 0.419 e. The van der Waals surface area contributed by atoms with Gasteiger partial charge in [0.05, 0.1) is 28.5 Å². The van der Waals surface area contributed by atoms with E-state index < -0.39 is 0 Å². The van der Waals surface area contributed by atoms with Crippen LogP contribution < -0.4 is 0 Å². The predicted molar refractivity (Wildman–Crippen MR) is 137 cm³/mol. The summed E-state index contributed by atoms with van der Waals surface area (Å²) in [7, 11) is 0. The first-order chi connectivity index (χ1) is 17.7. The van der Waals surface area contributed by atoms with Crippen LogP contribution in [0.1, 0.15) is 29.2 Å². The SMILES string of the molecule is O=C(c1cc(-c2ccccc2)nn1-c1ccccc1)N(Cc1nnc(-c2ccccc2Cl)o1)C1CC1. The summed E-state index contributed by atoms with van der Waals surface area (Å²) in [5.41, 5.74) is 3.64. The first-order valence-electron chi connectivity index (χ1n) is 11.8. The molecule has 1 amide bonds. The van der Waals surface area contributed by atoms with E-state index in [1.54, 1.807) is 15.6 Å². The van der Waals surface area contributed by atoms with Crippen molar-refractivity contribution in [3.63, 3.8) is 0 Å². The third-order valence-corrected chi connectivity index (χ3v) is 6.45. The molecule has 0 bridgehead atoms. The maximum atomic E-state index is 14.0. The van der Waals surface area contributed by atoms with Crippen molar-refractivity contribution in [2.75, 3.05) is 0 Å². The molecule has 7 nitrogen and oxygen atoms in total. The molecular weight excluding hydrogens is 474 g/mol. The Morgan fingerprint density at radius 2 is 1.64 bits per heavy atom. The standard InChI is InChI=1S/C28H22ClN5O2/c29-23-14-8-7-13-22(23)27-31-30-26(36-27)18-33(20-15-16-20)28(35)25-17-24(19-9-3-1-4-10-19)32-34(25)21-11-5-2-6-12-21/h1-14,17,20H,15-16,18H2. The van der Waals surface area contributed by atoms with Crippen LogP contribution in [0.25, 0.3) is 28.4 Å². The molecule has 3 aromatic carbocycles. The van der Waals surface area contributed by atoms with Gasteiger partial charge < -0.3 is 9.32 Å². The Morgan fingerprint density at radius 3 is 2.36 bits per heavy atom. The van der Waals surface area contributed by atoms with Gasteiger partial charge in [-0.15, -0.1) is 10.2 Å². The van der Waals surface area contributed by atoms with Crippen molar-refractivity contribution >= 4 is 17.5 Å². The lowest BCUT2D eigenvalue weighted by atomic mass is 10.1. The summed E-state index contributed by atoms with van der Waals surface area (Å²) in [5.74, 6) is 0.562. The predicted octanol–water partition coefficient (Wildman–Crippen LogP) is 6.05. The summed E-state index contributed by atoms with van der Waals surface area (Å²) in [6, 6.07) is 28.8. The van der Waals surface area contributed by atoms with Crippen LogP contribution >= 0.6 is 11.6 Å². The Hall–Kier alpha value is -4.23. The molecule has 1 aliphatic rings. The van der Waals surface area contributed by atoms with Crippen molar-refractivity contribution in [2.45, 2.75) is 25.4 Å². The summed E-state index contributed by atoms with van der Waals surface area (Å²) in [5, 5.41) is 13.7. The highest BCUT2D eigenvalue weighted by atomic mass is 35.5. The van der Waals surface area contributed by atoms with E-state index in [1.165, 1.54) is 0 Å². The van der Waals surface area contributed by atoms with Crippen molar-refractivity contribution in [1.29, 1.82) is 0 Å². The molecule has 0 saturated heterocycles. The maximum absolute atomic E-state index is 14.0. The zero-order valence-electron chi connectivity index (χ0n) is 19.3. The van der Waals surface area contributed by atoms with Gasteiger partial charge in [0.1, 0.15) is 5.69 Å². The Labute approximate surface area is 213 Å². The number of aromatic nitrogens is 4. The molecular formula is C28H22ClN5O2. The average Bonchev–Trinajstić information content (AvgIpc) is 3.49. The van der Waals surface area contributed by atoms with E-state index in [4.69, 9.17) is 21.1 Å². The summed E-state index contributed by atoms with van der Waals surface area (Å²) in [6.07, 6.45) is 1.87. The lowest BCUT2D eigenvalue weighted by Gasteiger charge is -2.21. The molecule has 0 spiro atoms. The Bertz CT molecular complexity index is 1510. The number of halogens is 1. The molecule has 2 heterocycles. The third kappa shape index (κ3) is 4.41. The highest BCUT2D eigenvalue weighted by molar-refractivity contribution is 6.33. The molecule has 5 aromatic rings. The number of benzene rings is 3. The van der Waals surface area contributed by atoms with E-state index >= 15 is 0 Å². The molecule has 1 fully saturated rings. The second-order valence-electron chi connectivity index (χ2n) is 8.67. The van der Waals surface area contributed by atoms with E-state index in [-0.39, 0.29) is 18.5 Å². The zero-order chi connectivity index (χ0) is 24.5. The smallest absolute Gasteiger partial charge is 0.273 e. The van der Waals surface area contributed by atoms with E-state index in [2.05, 4.69) is 10.2 Å². The van der Waals surface area contributed by atoms with Gasteiger partial charge in [-0.3, -0.25) is 4.79 Å². The minimum atomic E-state index is -0.131. The molecule has 0 unspecified atom stereocenters. The highest BCUT2D eigenvalue weighted by Crippen LogP contribution is 2.32. The van der Waals surface area contributed by atoms with Crippen LogP contribution in [0.5, 0.6) is 0 Å². The molecule has 1 saturated carbocycles. The molecule has 178 valence electrons. The van der Waals surface area contributed by atoms with Gasteiger partial charge in [0.2, 0.25) is 11.8 Å². The number of carbonyl (C=O) groups excluding carboxylic acids is 1. The Balaban J connectivity index is 1.34. The normalized spacial score (nSPS) is 13.0. The molecule has 0 atom stereocenters. The van der Waals surface area contributed by atoms with Gasteiger partial charge in [0, 0.05) is 11.6 Å². The topological polar surface area (TPSA) is 77.1 Å². The van der Waals surface area contributed by atoms with Crippen LogP contribution in [0.2, 0.25) is 5.02 Å². The summed E-state index contributed by atoms with van der Waals surface area (Å²) in [4.78, 5) is 15.8. The fourth-order valence-corrected chi connectivity index (χ4v) is 4.37. The van der Waals surface area contributed by atoms with E-state index in [1.807, 2.05) is 84.9 Å². The number of nitrogens with zero attached hydrogens (tertiary/aromatic N) is 5. The third-order valence-electron chi connectivity index (χ3n) is 6.12. The van der Waals surface area contributed by atoms with Crippen molar-refractivity contribution in [1.82, 2.24) is 24.9 Å². The second kappa shape index (κ2) is 9.43. The van der Waals surface area contributed by atoms with Crippen LogP contribution in [-0.2, 0) is 6.54 Å². The lowest BCUT2D eigenvalue weighted by molar-refractivity contribution is 0.0705. The Kier molecular flexibility index (Phi) is 5.83. The summed E-state index contributed by atoms with van der Waals surface area (Å²) < 4.78 is 7.62. The fraction of sp³-hybridized carbons (Fsp3) is 0.143. The van der Waals surface area contributed by atoms with Gasteiger partial charge in [0.25, 0.3) is 5.91 Å². The van der Waals surface area contributed by atoms with Crippen molar-refractivity contribution in [3.05, 3.63) is 108 Å². The van der Waals surface area contributed by atoms with Gasteiger partial charge in [-0.1, -0.05) is 72.3 Å². The van der Waals surface area contributed by atoms with Gasteiger partial charge in [-0.05, 0) is 43.2 Å². The number of carbonyl (C=O) groups is 1. The average molecular weight is 496 g/mol. The molecule has 1 aliphatic carbocycles. The molecule has 6 rings (SSSR count). The minimum absolute atomic E-state index is 0.118. The number of amides is 1. The van der Waals surface area contributed by atoms with Gasteiger partial charge in [-0.25, -0.2) is 4.68 Å². The first-order valence-corrected chi connectivity index (χ1v) is 12.1. The number of rotatable bonds is 7. The molecule has 8 heteroatoms. The van der Waals surface area contributed by atoms with Crippen LogP contribution in [0.15, 0.2) is 95.4 Å². The lowest BCUT2D eigenvalue weighted by Crippen LogP contribution is -2.34. The fourth-order valence-electron chi connectivity index (χ4n) is 4.16. The Morgan fingerprint density at radius 1 is 0.944 bits per heavy atom. The van der Waals surface area contributed by atoms with Gasteiger partial charge in [-0.2, -0.15) is 5.10 Å². The number of hydrogen-bond donors (Lipinski definition) is 0. The molecule has 2 aromatic heterocycles. The van der Waals surface area contributed by atoms with E-state index in [0.29, 0.717) is 28.1 Å². The highest BCUT2D eigenvalue weighted by Gasteiger charge is 2.36. The van der Waals surface area contributed by atoms with Gasteiger partial charge in [0.15, 0.2) is 0 Å². The van der Waals surface area contributed by atoms with Crippen molar-refractivity contribution in [2.24, 2.45) is 0 Å². The van der Waals surface area contributed by atoms with E-state index in [0.717, 1.165) is 29.8 Å². The molecule has 0 aliphatic heterocycles. The van der Waals surface area contributed by atoms with E-state index in [9.17, 15) is 4.79 Å². The van der Waals surface area contributed by atoms with Crippen LogP contribution in [0, 0.1) is 0 Å². The van der Waals surface area contributed by atoms with Crippen LogP contribution in [0.4, 0.5) is 0 Å². The summed E-state index contributed by atoms with van der Waals surface area (Å²) in [6.45, 7) is 0.210. The number of para-hydroxylation sites is 1. The van der Waals surface area contributed by atoms with Crippen LogP contribution in [-0.4, -0.2) is 36.8 Å².